The Labute approximate surface area is 365 Å². The van der Waals surface area contributed by atoms with Gasteiger partial charge in [-0.2, -0.15) is 0 Å². The Hall–Kier alpha value is -6.11. The number of thiazole rings is 1. The second-order valence-corrected chi connectivity index (χ2v) is 17.7. The van der Waals surface area contributed by atoms with E-state index in [4.69, 9.17) is 0 Å². The van der Waals surface area contributed by atoms with Crippen molar-refractivity contribution in [3.63, 3.8) is 0 Å². The summed E-state index contributed by atoms with van der Waals surface area (Å²) in [4.78, 5) is 69.4. The number of nitrogens with one attached hydrogen (secondary N) is 2. The van der Waals surface area contributed by atoms with Crippen molar-refractivity contribution in [2.24, 2.45) is 0 Å². The largest absolute Gasteiger partial charge is 0.369 e. The summed E-state index contributed by atoms with van der Waals surface area (Å²) in [5, 5.41) is 7.28. The number of rotatable bonds is 10. The molecule has 18 heteroatoms. The summed E-state index contributed by atoms with van der Waals surface area (Å²) in [5.41, 5.74) is 5.41. The number of anilines is 3. The number of nitrogens with zero attached hydrogens (tertiary/aromatic N) is 8. The third kappa shape index (κ3) is 7.95. The first-order chi connectivity index (χ1) is 30.5. The van der Waals surface area contributed by atoms with Crippen LogP contribution in [0.2, 0.25) is 0 Å². The van der Waals surface area contributed by atoms with E-state index in [9.17, 15) is 19.2 Å². The number of alkyl halides is 2. The summed E-state index contributed by atoms with van der Waals surface area (Å²) in [6.45, 7) is 3.50. The number of urea groups is 1. The fraction of sp³-hybridized carbons (Fsp3) is 0.378. The standard InChI is InChI=1S/C45H45F3N10O4S/c46-35-23-30(22-33-34(35)25-58(42(33)61)40(41(60)52-43-49-12-20-63-43)39-36-5-2-13-56(36)27-50-39)29-6-8-31(9-7-29)54-16-18-55(19-17-54)37-10-14-53(26-45(37,47)48)24-28-3-1-4-32(21-28)57-15-11-38(59)51-44(57)62/h1,3-4,6-9,12,20-23,27,37,40H,2,5,10-11,13-19,24-26H2,(H,49,52,60)(H,51,59,62). The van der Waals surface area contributed by atoms with Gasteiger partial charge in [0, 0.05) is 98.6 Å². The minimum Gasteiger partial charge on any atom is -0.369 e. The molecule has 5 aliphatic rings. The molecule has 2 N–H and O–H groups in total. The number of imide groups is 1. The number of halogens is 3. The maximum Gasteiger partial charge on any atom is 0.328 e. The molecule has 2 atom stereocenters. The molecule has 326 valence electrons. The van der Waals surface area contributed by atoms with Gasteiger partial charge in [-0.05, 0) is 72.4 Å². The van der Waals surface area contributed by atoms with Crippen LogP contribution < -0.4 is 20.4 Å². The number of likely N-dealkylation sites (tertiary alicyclic amines) is 1. The lowest BCUT2D eigenvalue weighted by molar-refractivity contribution is -0.129. The first-order valence-corrected chi connectivity index (χ1v) is 22.1. The Balaban J connectivity index is 0.771. The molecule has 3 fully saturated rings. The van der Waals surface area contributed by atoms with Crippen LogP contribution in [0.1, 0.15) is 58.2 Å². The lowest BCUT2D eigenvalue weighted by Gasteiger charge is -2.46. The quantitative estimate of drug-likeness (QED) is 0.176. The highest BCUT2D eigenvalue weighted by Crippen LogP contribution is 2.39. The number of fused-ring (bicyclic) bond motifs is 2. The number of hydrogen-bond acceptors (Lipinski definition) is 10. The van der Waals surface area contributed by atoms with Gasteiger partial charge >= 0.3 is 6.03 Å². The van der Waals surface area contributed by atoms with Crippen LogP contribution in [0.15, 0.2) is 78.6 Å². The van der Waals surface area contributed by atoms with Crippen LogP contribution in [0.5, 0.6) is 0 Å². The predicted molar refractivity (Wildman–Crippen MR) is 230 cm³/mol. The SMILES string of the molecule is O=C1CCN(c2cccc(CN3CCC(N4CCN(c5ccc(-c6cc(F)c7c(c6)C(=O)N(C(C(=O)Nc6nccs6)c6ncn8c6CCC8)C7)cc5)CC4)C(F)(F)C3)c2)C(=O)N1. The van der Waals surface area contributed by atoms with Gasteiger partial charge in [0.2, 0.25) is 5.91 Å². The van der Waals surface area contributed by atoms with E-state index < -0.39 is 41.7 Å². The zero-order valence-electron chi connectivity index (χ0n) is 34.3. The number of benzene rings is 3. The highest BCUT2D eigenvalue weighted by molar-refractivity contribution is 7.13. The van der Waals surface area contributed by atoms with E-state index in [2.05, 4.69) is 25.5 Å². The average Bonchev–Trinajstić information content (AvgIpc) is 4.09. The fourth-order valence-corrected chi connectivity index (χ4v) is 10.3. The van der Waals surface area contributed by atoms with Crippen molar-refractivity contribution in [2.75, 3.05) is 60.9 Å². The van der Waals surface area contributed by atoms with E-state index in [0.29, 0.717) is 73.3 Å². The number of carbonyl (C=O) groups excluding carboxylic acids is 4. The molecule has 5 aliphatic heterocycles. The number of aromatic nitrogens is 3. The van der Waals surface area contributed by atoms with E-state index >= 15 is 13.2 Å². The van der Waals surface area contributed by atoms with Crippen LogP contribution in [0.3, 0.4) is 0 Å². The number of carbonyl (C=O) groups is 4. The molecule has 10 rings (SSSR count). The highest BCUT2D eigenvalue weighted by atomic mass is 32.1. The Morgan fingerprint density at radius 2 is 1.75 bits per heavy atom. The number of piperazine rings is 1. The number of aryl methyl sites for hydroxylation is 1. The molecule has 3 aromatic carbocycles. The van der Waals surface area contributed by atoms with Gasteiger partial charge in [0.15, 0.2) is 11.2 Å². The summed E-state index contributed by atoms with van der Waals surface area (Å²) >= 11 is 1.26. The molecule has 3 saturated heterocycles. The maximum absolute atomic E-state index is 16.0. The van der Waals surface area contributed by atoms with Crippen LogP contribution in [-0.2, 0) is 35.6 Å². The van der Waals surface area contributed by atoms with Crippen molar-refractivity contribution < 1.29 is 32.3 Å². The van der Waals surface area contributed by atoms with E-state index in [1.54, 1.807) is 41.0 Å². The Bertz CT molecular complexity index is 2580. The normalized spacial score (nSPS) is 20.8. The number of hydrogen-bond donors (Lipinski definition) is 2. The van der Waals surface area contributed by atoms with Crippen molar-refractivity contribution in [2.45, 2.75) is 63.3 Å². The van der Waals surface area contributed by atoms with Crippen LogP contribution >= 0.6 is 11.3 Å². The highest BCUT2D eigenvalue weighted by Gasteiger charge is 2.48. The monoisotopic (exact) mass is 878 g/mol. The maximum atomic E-state index is 16.0. The Morgan fingerprint density at radius 3 is 2.51 bits per heavy atom. The first-order valence-electron chi connectivity index (χ1n) is 21.3. The molecule has 5 aromatic rings. The minimum absolute atomic E-state index is 0.0836. The topological polar surface area (TPSA) is 139 Å². The summed E-state index contributed by atoms with van der Waals surface area (Å²) < 4.78 is 49.6. The molecule has 5 amide bonds. The van der Waals surface area contributed by atoms with E-state index in [0.717, 1.165) is 36.3 Å². The van der Waals surface area contributed by atoms with Crippen molar-refractivity contribution in [3.05, 3.63) is 112 Å². The van der Waals surface area contributed by atoms with Crippen LogP contribution in [0.4, 0.5) is 34.5 Å². The van der Waals surface area contributed by atoms with Crippen molar-refractivity contribution in [3.8, 4) is 11.1 Å². The van der Waals surface area contributed by atoms with E-state index in [1.807, 2.05) is 45.9 Å². The van der Waals surface area contributed by atoms with Gasteiger partial charge in [-0.25, -0.2) is 27.9 Å². The molecule has 2 unspecified atom stereocenters. The zero-order chi connectivity index (χ0) is 43.4. The van der Waals surface area contributed by atoms with Crippen molar-refractivity contribution in [1.29, 1.82) is 0 Å². The predicted octanol–water partition coefficient (Wildman–Crippen LogP) is 5.91. The van der Waals surface area contributed by atoms with Gasteiger partial charge in [0.25, 0.3) is 17.7 Å². The van der Waals surface area contributed by atoms with Gasteiger partial charge in [-0.15, -0.1) is 11.3 Å². The van der Waals surface area contributed by atoms with Gasteiger partial charge in [0.05, 0.1) is 31.2 Å². The zero-order valence-corrected chi connectivity index (χ0v) is 35.1. The number of piperidine rings is 1. The third-order valence-electron chi connectivity index (χ3n) is 12.9. The molecule has 2 aromatic heterocycles. The lowest BCUT2D eigenvalue weighted by atomic mass is 9.97. The molecule has 14 nitrogen and oxygen atoms in total. The second kappa shape index (κ2) is 16.5. The van der Waals surface area contributed by atoms with E-state index in [1.165, 1.54) is 27.2 Å². The molecule has 0 saturated carbocycles. The fourth-order valence-electron chi connectivity index (χ4n) is 9.80. The molecular weight excluding hydrogens is 834 g/mol. The summed E-state index contributed by atoms with van der Waals surface area (Å²) in [5.74, 6) is -4.69. The summed E-state index contributed by atoms with van der Waals surface area (Å²) in [6, 6.07) is 15.5. The summed E-state index contributed by atoms with van der Waals surface area (Å²) in [7, 11) is 0. The van der Waals surface area contributed by atoms with Crippen molar-refractivity contribution >= 4 is 51.6 Å². The molecule has 0 bridgehead atoms. The van der Waals surface area contributed by atoms with Crippen LogP contribution in [-0.4, -0.2) is 111 Å². The molecule has 0 radical (unpaired) electrons. The van der Waals surface area contributed by atoms with Gasteiger partial charge in [-0.3, -0.25) is 39.7 Å². The smallest absolute Gasteiger partial charge is 0.328 e. The third-order valence-corrected chi connectivity index (χ3v) is 13.6. The van der Waals surface area contributed by atoms with Gasteiger partial charge < -0.3 is 14.4 Å². The molecule has 7 heterocycles. The lowest BCUT2D eigenvalue weighted by Crippen LogP contribution is -2.61. The van der Waals surface area contributed by atoms with E-state index in [-0.39, 0.29) is 43.1 Å². The second-order valence-electron chi connectivity index (χ2n) is 16.8. The summed E-state index contributed by atoms with van der Waals surface area (Å²) in [6.07, 6.45) is 5.42. The molecular formula is C45H45F3N10O4S. The molecule has 0 aliphatic carbocycles. The first kappa shape index (κ1) is 40.9. The van der Waals surface area contributed by atoms with Gasteiger partial charge in [-0.1, -0.05) is 24.3 Å². The number of imidazole rings is 1. The Morgan fingerprint density at radius 1 is 0.921 bits per heavy atom. The average molecular weight is 879 g/mol. The van der Waals surface area contributed by atoms with Crippen LogP contribution in [0.25, 0.3) is 11.1 Å². The Kier molecular flexibility index (Phi) is 10.7. The number of amides is 5. The molecule has 63 heavy (non-hydrogen) atoms. The molecule has 0 spiro atoms. The minimum atomic E-state index is -2.93. The van der Waals surface area contributed by atoms with Crippen molar-refractivity contribution in [1.82, 2.24) is 34.6 Å². The van der Waals surface area contributed by atoms with Gasteiger partial charge in [0.1, 0.15) is 5.82 Å². The van der Waals surface area contributed by atoms with Crippen LogP contribution in [0, 0.1) is 5.82 Å².